The van der Waals surface area contributed by atoms with Crippen LogP contribution in [0.3, 0.4) is 0 Å². The van der Waals surface area contributed by atoms with Crippen molar-refractivity contribution >= 4 is 16.8 Å². The van der Waals surface area contributed by atoms with E-state index in [-0.39, 0.29) is 22.8 Å². The molecule has 0 saturated heterocycles. The fourth-order valence-electron chi connectivity index (χ4n) is 5.65. The number of hydrogen-bond acceptors (Lipinski definition) is 4. The highest BCUT2D eigenvalue weighted by atomic mass is 16.5. The Kier molecular flexibility index (Phi) is 9.08. The third-order valence-electron chi connectivity index (χ3n) is 7.19. The second-order valence-corrected chi connectivity index (χ2v) is 11.8. The van der Waals surface area contributed by atoms with E-state index >= 15 is 0 Å². The highest BCUT2D eigenvalue weighted by molar-refractivity contribution is 5.79. The molecule has 0 radical (unpaired) electrons. The highest BCUT2D eigenvalue weighted by Crippen LogP contribution is 2.32. The normalized spacial score (nSPS) is 13.2. The molecule has 0 aliphatic carbocycles. The number of nitrogens with zero attached hydrogens (tertiary/aromatic N) is 3. The van der Waals surface area contributed by atoms with Crippen LogP contribution in [0.15, 0.2) is 83.7 Å². The van der Waals surface area contributed by atoms with Gasteiger partial charge in [-0.15, -0.1) is 0 Å². The molecule has 2 unspecified atom stereocenters. The molecule has 0 bridgehead atoms. The first kappa shape index (κ1) is 29.1. The van der Waals surface area contributed by atoms with Crippen LogP contribution in [0.4, 0.5) is 0 Å². The Morgan fingerprint density at radius 3 is 2.30 bits per heavy atom. The predicted octanol–water partition coefficient (Wildman–Crippen LogP) is 7.34. The van der Waals surface area contributed by atoms with Crippen molar-refractivity contribution < 1.29 is 9.53 Å². The summed E-state index contributed by atoms with van der Waals surface area (Å²) in [6, 6.07) is 24.4. The maximum atomic E-state index is 14.1. The maximum absolute atomic E-state index is 14.1. The monoisotopic (exact) mass is 539 g/mol. The van der Waals surface area contributed by atoms with Gasteiger partial charge in [-0.1, -0.05) is 89.2 Å². The zero-order valence-electron chi connectivity index (χ0n) is 24.6. The predicted molar refractivity (Wildman–Crippen MR) is 162 cm³/mol. The molecular formula is C34H41N3O3. The van der Waals surface area contributed by atoms with Crippen molar-refractivity contribution in [3.8, 4) is 11.4 Å². The minimum Gasteiger partial charge on any atom is -0.495 e. The van der Waals surface area contributed by atoms with Gasteiger partial charge in [0.15, 0.2) is 0 Å². The van der Waals surface area contributed by atoms with Gasteiger partial charge in [0.05, 0.1) is 29.7 Å². The molecule has 1 amide bonds. The molecule has 40 heavy (non-hydrogen) atoms. The van der Waals surface area contributed by atoms with E-state index in [2.05, 4.69) is 27.7 Å². The number of carbonyl (C=O) groups is 1. The molecule has 6 nitrogen and oxygen atoms in total. The van der Waals surface area contributed by atoms with Crippen LogP contribution in [-0.2, 0) is 11.3 Å². The Hall–Kier alpha value is -3.93. The number of methoxy groups -OCH3 is 1. The first-order valence-corrected chi connectivity index (χ1v) is 14.1. The summed E-state index contributed by atoms with van der Waals surface area (Å²) in [7, 11) is 1.59. The molecule has 6 heteroatoms. The van der Waals surface area contributed by atoms with Gasteiger partial charge in [-0.25, -0.2) is 4.98 Å². The van der Waals surface area contributed by atoms with Crippen LogP contribution in [0.5, 0.6) is 5.75 Å². The minimum atomic E-state index is -0.434. The van der Waals surface area contributed by atoms with E-state index < -0.39 is 6.04 Å². The quantitative estimate of drug-likeness (QED) is 0.212. The van der Waals surface area contributed by atoms with E-state index in [0.717, 1.165) is 12.0 Å². The standard InChI is InChI=1S/C34H41N3O3/c1-7-28(36(23-25-15-9-8-10-16-25)31(38)21-24(2)22-34(3,4)5)32-35-27-18-12-11-17-26(27)33(39)37(32)29-19-13-14-20-30(29)40-6/h8-20,24,28H,7,21-23H2,1-6H3. The summed E-state index contributed by atoms with van der Waals surface area (Å²) >= 11 is 0. The third kappa shape index (κ3) is 6.61. The summed E-state index contributed by atoms with van der Waals surface area (Å²) < 4.78 is 7.31. The highest BCUT2D eigenvalue weighted by Gasteiger charge is 2.31. The maximum Gasteiger partial charge on any atom is 0.266 e. The lowest BCUT2D eigenvalue weighted by molar-refractivity contribution is -0.136. The molecule has 0 N–H and O–H groups in total. The average molecular weight is 540 g/mol. The van der Waals surface area contributed by atoms with Gasteiger partial charge >= 0.3 is 0 Å². The minimum absolute atomic E-state index is 0.0569. The zero-order chi connectivity index (χ0) is 28.9. The van der Waals surface area contributed by atoms with E-state index in [9.17, 15) is 9.59 Å². The van der Waals surface area contributed by atoms with Gasteiger partial charge in [0.25, 0.3) is 5.56 Å². The Balaban J connectivity index is 1.90. The number of benzene rings is 3. The van der Waals surface area contributed by atoms with E-state index in [1.54, 1.807) is 17.7 Å². The Labute approximate surface area is 237 Å². The molecule has 0 spiro atoms. The summed E-state index contributed by atoms with van der Waals surface area (Å²) in [4.78, 5) is 35.2. The number of aromatic nitrogens is 2. The summed E-state index contributed by atoms with van der Waals surface area (Å²) in [5, 5.41) is 0.520. The second-order valence-electron chi connectivity index (χ2n) is 11.8. The van der Waals surface area contributed by atoms with Gasteiger partial charge in [0.2, 0.25) is 5.91 Å². The van der Waals surface area contributed by atoms with Crippen molar-refractivity contribution in [2.75, 3.05) is 7.11 Å². The number of carbonyl (C=O) groups excluding carboxylic acids is 1. The fraction of sp³-hybridized carbons (Fsp3) is 0.382. The summed E-state index contributed by atoms with van der Waals surface area (Å²) in [6.07, 6.45) is 1.95. The van der Waals surface area contributed by atoms with Crippen molar-refractivity contribution in [1.82, 2.24) is 14.5 Å². The van der Waals surface area contributed by atoms with E-state index in [1.165, 1.54) is 0 Å². The topological polar surface area (TPSA) is 64.4 Å². The van der Waals surface area contributed by atoms with Gasteiger partial charge in [-0.3, -0.25) is 14.2 Å². The molecule has 0 saturated carbocycles. The first-order chi connectivity index (χ1) is 19.1. The van der Waals surface area contributed by atoms with E-state index in [0.29, 0.717) is 47.6 Å². The van der Waals surface area contributed by atoms with Crippen molar-refractivity contribution in [2.24, 2.45) is 11.3 Å². The number of para-hydroxylation sites is 3. The van der Waals surface area contributed by atoms with Crippen LogP contribution in [0, 0.1) is 11.3 Å². The van der Waals surface area contributed by atoms with Crippen LogP contribution in [0.1, 0.15) is 71.3 Å². The molecule has 2 atom stereocenters. The third-order valence-corrected chi connectivity index (χ3v) is 7.19. The van der Waals surface area contributed by atoms with Gasteiger partial charge in [0, 0.05) is 13.0 Å². The van der Waals surface area contributed by atoms with Crippen molar-refractivity contribution in [2.45, 2.75) is 66.5 Å². The number of rotatable bonds is 10. The smallest absolute Gasteiger partial charge is 0.266 e. The Morgan fingerprint density at radius 2 is 1.62 bits per heavy atom. The van der Waals surface area contributed by atoms with Gasteiger partial charge in [-0.05, 0) is 54.0 Å². The molecule has 4 aromatic rings. The Bertz CT molecular complexity index is 1500. The number of fused-ring (bicyclic) bond motifs is 1. The molecular weight excluding hydrogens is 498 g/mol. The lowest BCUT2D eigenvalue weighted by atomic mass is 9.84. The van der Waals surface area contributed by atoms with Crippen LogP contribution in [0.25, 0.3) is 16.6 Å². The molecule has 3 aromatic carbocycles. The SMILES string of the molecule is CCC(c1nc2ccccc2c(=O)n1-c1ccccc1OC)N(Cc1ccccc1)C(=O)CC(C)CC(C)(C)C. The summed E-state index contributed by atoms with van der Waals surface area (Å²) in [5.41, 5.74) is 2.19. The van der Waals surface area contributed by atoms with E-state index in [4.69, 9.17) is 9.72 Å². The summed E-state index contributed by atoms with van der Waals surface area (Å²) in [6.45, 7) is 11.2. The summed E-state index contributed by atoms with van der Waals surface area (Å²) in [5.74, 6) is 1.37. The van der Waals surface area contributed by atoms with E-state index in [1.807, 2.05) is 84.6 Å². The van der Waals surface area contributed by atoms with Crippen LogP contribution in [0.2, 0.25) is 0 Å². The zero-order valence-corrected chi connectivity index (χ0v) is 24.6. The van der Waals surface area contributed by atoms with Crippen molar-refractivity contribution in [3.05, 3.63) is 101 Å². The van der Waals surface area contributed by atoms with Gasteiger partial charge < -0.3 is 9.64 Å². The number of hydrogen-bond donors (Lipinski definition) is 0. The number of amides is 1. The molecule has 210 valence electrons. The van der Waals surface area contributed by atoms with Crippen molar-refractivity contribution in [1.29, 1.82) is 0 Å². The second kappa shape index (κ2) is 12.5. The average Bonchev–Trinajstić information content (AvgIpc) is 2.92. The van der Waals surface area contributed by atoms with Crippen LogP contribution < -0.4 is 10.3 Å². The van der Waals surface area contributed by atoms with Crippen LogP contribution in [-0.4, -0.2) is 27.5 Å². The molecule has 4 rings (SSSR count). The lowest BCUT2D eigenvalue weighted by Crippen LogP contribution is -2.39. The van der Waals surface area contributed by atoms with Crippen molar-refractivity contribution in [3.63, 3.8) is 0 Å². The van der Waals surface area contributed by atoms with Crippen LogP contribution >= 0.6 is 0 Å². The molecule has 0 aliphatic rings. The molecule has 0 fully saturated rings. The number of ether oxygens (including phenoxy) is 1. The molecule has 0 aliphatic heterocycles. The van der Waals surface area contributed by atoms with Gasteiger partial charge in [0.1, 0.15) is 11.6 Å². The largest absolute Gasteiger partial charge is 0.495 e. The first-order valence-electron chi connectivity index (χ1n) is 14.1. The Morgan fingerprint density at radius 1 is 0.975 bits per heavy atom. The molecule has 1 heterocycles. The molecule has 1 aromatic heterocycles. The fourth-order valence-corrected chi connectivity index (χ4v) is 5.65. The lowest BCUT2D eigenvalue weighted by Gasteiger charge is -2.34. The van der Waals surface area contributed by atoms with Gasteiger partial charge in [-0.2, -0.15) is 0 Å².